The Morgan fingerprint density at radius 3 is 2.41 bits per heavy atom. The molecule has 0 aliphatic carbocycles. The van der Waals surface area contributed by atoms with Crippen LogP contribution in [0.1, 0.15) is 37.9 Å². The number of hydrogen-bond acceptors (Lipinski definition) is 2. The minimum Gasteiger partial charge on any atom is -0.159 e. The quantitative estimate of drug-likeness (QED) is 0.795. The molecule has 0 aliphatic heterocycles. The molecule has 0 saturated carbocycles. The Morgan fingerprint density at radius 1 is 1.12 bits per heavy atom. The fourth-order valence-corrected chi connectivity index (χ4v) is 2.07. The molecular formula is C15H18N2. The maximum Gasteiger partial charge on any atom is 0.0709 e. The lowest BCUT2D eigenvalue weighted by Gasteiger charge is -2.15. The summed E-state index contributed by atoms with van der Waals surface area (Å²) in [6.45, 7) is 6.52. The van der Waals surface area contributed by atoms with Gasteiger partial charge in [-0.2, -0.15) is 10.2 Å². The highest BCUT2D eigenvalue weighted by Gasteiger charge is 2.13. The fourth-order valence-electron chi connectivity index (χ4n) is 2.07. The number of rotatable bonds is 3. The first-order valence-electron chi connectivity index (χ1n) is 6.14. The fraction of sp³-hybridized carbons (Fsp3) is 0.333. The summed E-state index contributed by atoms with van der Waals surface area (Å²) in [5.74, 6) is 0.464. The van der Waals surface area contributed by atoms with Crippen molar-refractivity contribution in [1.29, 1.82) is 0 Å². The summed E-state index contributed by atoms with van der Waals surface area (Å²) in [6, 6.07) is 10.5. The van der Waals surface area contributed by atoms with Crippen LogP contribution in [0.4, 0.5) is 0 Å². The van der Waals surface area contributed by atoms with E-state index in [1.165, 1.54) is 16.7 Å². The van der Waals surface area contributed by atoms with Crippen LogP contribution < -0.4 is 0 Å². The lowest BCUT2D eigenvalue weighted by Crippen LogP contribution is -2.02. The molecule has 88 valence electrons. The van der Waals surface area contributed by atoms with Gasteiger partial charge in [-0.1, -0.05) is 51.1 Å². The SMILES string of the molecule is CCc1nncc(C(C)C)c1-c1ccccc1. The van der Waals surface area contributed by atoms with Crippen LogP contribution >= 0.6 is 0 Å². The van der Waals surface area contributed by atoms with Crippen LogP contribution in [0.3, 0.4) is 0 Å². The summed E-state index contributed by atoms with van der Waals surface area (Å²) in [7, 11) is 0. The van der Waals surface area contributed by atoms with Gasteiger partial charge >= 0.3 is 0 Å². The van der Waals surface area contributed by atoms with Gasteiger partial charge in [-0.25, -0.2) is 0 Å². The van der Waals surface area contributed by atoms with Gasteiger partial charge in [0.2, 0.25) is 0 Å². The Bertz CT molecular complexity index is 490. The molecule has 0 N–H and O–H groups in total. The van der Waals surface area contributed by atoms with Crippen LogP contribution in [0.25, 0.3) is 11.1 Å². The molecule has 0 spiro atoms. The average Bonchev–Trinajstić information content (AvgIpc) is 2.38. The van der Waals surface area contributed by atoms with Crippen molar-refractivity contribution in [2.75, 3.05) is 0 Å². The predicted molar refractivity (Wildman–Crippen MR) is 70.9 cm³/mol. The topological polar surface area (TPSA) is 25.8 Å². The maximum absolute atomic E-state index is 4.27. The third-order valence-electron chi connectivity index (χ3n) is 2.97. The Labute approximate surface area is 103 Å². The lowest BCUT2D eigenvalue weighted by molar-refractivity contribution is 0.823. The molecule has 0 fully saturated rings. The first kappa shape index (κ1) is 11.8. The third-order valence-corrected chi connectivity index (χ3v) is 2.97. The van der Waals surface area contributed by atoms with Crippen molar-refractivity contribution >= 4 is 0 Å². The Kier molecular flexibility index (Phi) is 3.52. The summed E-state index contributed by atoms with van der Waals surface area (Å²) < 4.78 is 0. The van der Waals surface area contributed by atoms with E-state index >= 15 is 0 Å². The minimum atomic E-state index is 0.464. The van der Waals surface area contributed by atoms with Crippen LogP contribution in [0.5, 0.6) is 0 Å². The molecule has 0 aliphatic rings. The van der Waals surface area contributed by atoms with E-state index in [2.05, 4.69) is 55.2 Å². The molecular weight excluding hydrogens is 208 g/mol. The Balaban J connectivity index is 2.65. The molecule has 0 radical (unpaired) electrons. The summed E-state index contributed by atoms with van der Waals surface area (Å²) in [4.78, 5) is 0. The van der Waals surface area contributed by atoms with E-state index in [0.29, 0.717) is 5.92 Å². The second-order valence-corrected chi connectivity index (χ2v) is 4.50. The first-order valence-corrected chi connectivity index (χ1v) is 6.14. The smallest absolute Gasteiger partial charge is 0.0709 e. The zero-order chi connectivity index (χ0) is 12.3. The van der Waals surface area contributed by atoms with Crippen LogP contribution in [0, 0.1) is 0 Å². The van der Waals surface area contributed by atoms with Crippen LogP contribution in [-0.4, -0.2) is 10.2 Å². The molecule has 2 rings (SSSR count). The van der Waals surface area contributed by atoms with Crippen LogP contribution in [0.2, 0.25) is 0 Å². The standard InChI is InChI=1S/C15H18N2/c1-4-14-15(12-8-6-5-7-9-12)13(11(2)3)10-16-17-14/h5-11H,4H2,1-3H3. The van der Waals surface area contributed by atoms with E-state index < -0.39 is 0 Å². The third kappa shape index (κ3) is 2.36. The monoisotopic (exact) mass is 226 g/mol. The van der Waals surface area contributed by atoms with Crippen LogP contribution in [0.15, 0.2) is 36.5 Å². The van der Waals surface area contributed by atoms with Crippen molar-refractivity contribution in [1.82, 2.24) is 10.2 Å². The number of benzene rings is 1. The molecule has 0 bridgehead atoms. The summed E-state index contributed by atoms with van der Waals surface area (Å²) in [5, 5.41) is 8.38. The summed E-state index contributed by atoms with van der Waals surface area (Å²) in [5.41, 5.74) is 4.87. The highest BCUT2D eigenvalue weighted by Crippen LogP contribution is 2.30. The second kappa shape index (κ2) is 5.09. The zero-order valence-electron chi connectivity index (χ0n) is 10.6. The van der Waals surface area contributed by atoms with Gasteiger partial charge in [-0.05, 0) is 23.5 Å². The van der Waals surface area contributed by atoms with Gasteiger partial charge in [0.15, 0.2) is 0 Å². The molecule has 1 aromatic carbocycles. The zero-order valence-corrected chi connectivity index (χ0v) is 10.6. The lowest BCUT2D eigenvalue weighted by atomic mass is 9.92. The van der Waals surface area contributed by atoms with Gasteiger partial charge in [-0.3, -0.25) is 0 Å². The number of aromatic nitrogens is 2. The first-order chi connectivity index (χ1) is 8.24. The molecule has 0 saturated heterocycles. The Hall–Kier alpha value is -1.70. The molecule has 0 atom stereocenters. The molecule has 2 heteroatoms. The summed E-state index contributed by atoms with van der Waals surface area (Å²) in [6.07, 6.45) is 2.81. The van der Waals surface area contributed by atoms with E-state index in [9.17, 15) is 0 Å². The van der Waals surface area contributed by atoms with Crippen molar-refractivity contribution in [2.45, 2.75) is 33.1 Å². The largest absolute Gasteiger partial charge is 0.159 e. The average molecular weight is 226 g/mol. The Morgan fingerprint density at radius 2 is 1.82 bits per heavy atom. The van der Waals surface area contributed by atoms with Gasteiger partial charge in [0, 0.05) is 5.56 Å². The number of hydrogen-bond donors (Lipinski definition) is 0. The predicted octanol–water partition coefficient (Wildman–Crippen LogP) is 3.83. The van der Waals surface area contributed by atoms with Crippen LogP contribution in [-0.2, 0) is 6.42 Å². The van der Waals surface area contributed by atoms with E-state index in [-0.39, 0.29) is 0 Å². The minimum absolute atomic E-state index is 0.464. The van der Waals surface area contributed by atoms with E-state index in [0.717, 1.165) is 12.1 Å². The summed E-state index contributed by atoms with van der Waals surface area (Å²) >= 11 is 0. The van der Waals surface area contributed by atoms with Gasteiger partial charge in [0.1, 0.15) is 0 Å². The second-order valence-electron chi connectivity index (χ2n) is 4.50. The molecule has 0 amide bonds. The number of nitrogens with zero attached hydrogens (tertiary/aromatic N) is 2. The van der Waals surface area contributed by atoms with Crippen molar-refractivity contribution in [3.63, 3.8) is 0 Å². The normalized spacial score (nSPS) is 10.8. The van der Waals surface area contributed by atoms with Gasteiger partial charge in [0.25, 0.3) is 0 Å². The van der Waals surface area contributed by atoms with E-state index in [1.807, 2.05) is 12.3 Å². The van der Waals surface area contributed by atoms with Crippen molar-refractivity contribution in [3.05, 3.63) is 47.8 Å². The van der Waals surface area contributed by atoms with Gasteiger partial charge < -0.3 is 0 Å². The number of aryl methyl sites for hydroxylation is 1. The van der Waals surface area contributed by atoms with Gasteiger partial charge in [-0.15, -0.1) is 0 Å². The molecule has 17 heavy (non-hydrogen) atoms. The molecule has 0 unspecified atom stereocenters. The molecule has 2 nitrogen and oxygen atoms in total. The molecule has 1 heterocycles. The highest BCUT2D eigenvalue weighted by atomic mass is 15.1. The van der Waals surface area contributed by atoms with Crippen molar-refractivity contribution < 1.29 is 0 Å². The van der Waals surface area contributed by atoms with E-state index in [4.69, 9.17) is 0 Å². The van der Waals surface area contributed by atoms with Crippen molar-refractivity contribution in [3.8, 4) is 11.1 Å². The molecule has 1 aromatic heterocycles. The van der Waals surface area contributed by atoms with E-state index in [1.54, 1.807) is 0 Å². The highest BCUT2D eigenvalue weighted by molar-refractivity contribution is 5.69. The maximum atomic E-state index is 4.27. The van der Waals surface area contributed by atoms with Crippen molar-refractivity contribution in [2.24, 2.45) is 0 Å². The molecule has 2 aromatic rings. The van der Waals surface area contributed by atoms with Gasteiger partial charge in [0.05, 0.1) is 11.9 Å².